The van der Waals surface area contributed by atoms with Gasteiger partial charge in [-0.3, -0.25) is 0 Å². The average molecular weight is 470 g/mol. The van der Waals surface area contributed by atoms with E-state index in [1.54, 1.807) is 0 Å². The van der Waals surface area contributed by atoms with Crippen LogP contribution in [0.15, 0.2) is 60.8 Å². The van der Waals surface area contributed by atoms with Crippen molar-refractivity contribution in [3.63, 3.8) is 0 Å². The third kappa shape index (κ3) is 3.99. The quantitative estimate of drug-likeness (QED) is 0.314. The van der Waals surface area contributed by atoms with Crippen molar-refractivity contribution in [1.82, 2.24) is 9.78 Å². The van der Waals surface area contributed by atoms with Gasteiger partial charge in [0.15, 0.2) is 17.4 Å². The number of nitrogens with zero attached hydrogens (tertiary/aromatic N) is 2. The first kappa shape index (κ1) is 22.6. The summed E-state index contributed by atoms with van der Waals surface area (Å²) in [4.78, 5) is 0. The molecule has 4 aromatic rings. The van der Waals surface area contributed by atoms with Gasteiger partial charge in [-0.25, -0.2) is 17.9 Å². The second kappa shape index (κ2) is 8.07. The molecule has 172 valence electrons. The van der Waals surface area contributed by atoms with Crippen LogP contribution < -0.4 is 4.74 Å². The summed E-state index contributed by atoms with van der Waals surface area (Å²) in [5.74, 6) is -6.77. The Morgan fingerprint density at radius 2 is 1.58 bits per heavy atom. The summed E-state index contributed by atoms with van der Waals surface area (Å²) < 4.78 is 101. The van der Waals surface area contributed by atoms with Crippen LogP contribution in [0.4, 0.5) is 30.7 Å². The molecule has 4 rings (SSSR count). The van der Waals surface area contributed by atoms with Crippen molar-refractivity contribution in [2.45, 2.75) is 11.8 Å². The molecule has 0 amide bonds. The van der Waals surface area contributed by atoms with Crippen molar-refractivity contribution in [1.29, 1.82) is 0 Å². The van der Waals surface area contributed by atoms with E-state index in [0.717, 1.165) is 12.1 Å². The molecule has 0 fully saturated rings. The maximum Gasteiger partial charge on any atom is 0.424 e. The molecule has 0 aliphatic carbocycles. The zero-order valence-electron chi connectivity index (χ0n) is 16.4. The van der Waals surface area contributed by atoms with Crippen LogP contribution in [0.3, 0.4) is 0 Å². The van der Waals surface area contributed by atoms with E-state index in [2.05, 4.69) is 5.10 Å². The van der Waals surface area contributed by atoms with Gasteiger partial charge in [0.1, 0.15) is 12.4 Å². The number of hydrogen-bond acceptors (Lipinski definition) is 3. The maximum atomic E-state index is 13.8. The average Bonchev–Trinajstić information content (AvgIpc) is 3.20. The molecule has 1 heterocycles. The van der Waals surface area contributed by atoms with E-state index in [1.807, 2.05) is 0 Å². The molecule has 11 heteroatoms. The Morgan fingerprint density at radius 1 is 0.879 bits per heavy atom. The Labute approximate surface area is 181 Å². The summed E-state index contributed by atoms with van der Waals surface area (Å²) in [6.07, 6.45) is -4.03. The van der Waals surface area contributed by atoms with Crippen LogP contribution >= 0.6 is 0 Å². The first-order chi connectivity index (χ1) is 15.5. The highest BCUT2D eigenvalue weighted by Gasteiger charge is 2.56. The van der Waals surface area contributed by atoms with Gasteiger partial charge in [-0.2, -0.15) is 22.7 Å². The van der Waals surface area contributed by atoms with Gasteiger partial charge >= 0.3 is 6.18 Å². The SMILES string of the molecule is OC(COc1ccc(F)c(F)c1F)(c1ccc2c(cnn2-c2ccc(F)cc2)c1)C(F)(F)F. The number of halogens is 7. The molecule has 0 aliphatic rings. The van der Waals surface area contributed by atoms with E-state index in [0.29, 0.717) is 23.3 Å². The molecule has 4 nitrogen and oxygen atoms in total. The zero-order valence-corrected chi connectivity index (χ0v) is 16.4. The van der Waals surface area contributed by atoms with Crippen molar-refractivity contribution in [3.05, 3.63) is 89.6 Å². The monoisotopic (exact) mass is 470 g/mol. The molecule has 33 heavy (non-hydrogen) atoms. The fraction of sp³-hybridized carbons (Fsp3) is 0.136. The van der Waals surface area contributed by atoms with Crippen LogP contribution in [-0.4, -0.2) is 27.7 Å². The van der Waals surface area contributed by atoms with Gasteiger partial charge in [0.25, 0.3) is 0 Å². The van der Waals surface area contributed by atoms with Gasteiger partial charge in [-0.15, -0.1) is 0 Å². The highest BCUT2D eigenvalue weighted by Crippen LogP contribution is 2.41. The molecule has 1 N–H and O–H groups in total. The van der Waals surface area contributed by atoms with Gasteiger partial charge < -0.3 is 9.84 Å². The molecule has 0 saturated heterocycles. The minimum Gasteiger partial charge on any atom is -0.487 e. The Bertz CT molecular complexity index is 1320. The second-order valence-corrected chi connectivity index (χ2v) is 7.13. The van der Waals surface area contributed by atoms with Crippen molar-refractivity contribution < 1.29 is 40.6 Å². The number of aromatic nitrogens is 2. The smallest absolute Gasteiger partial charge is 0.424 e. The van der Waals surface area contributed by atoms with E-state index in [9.17, 15) is 35.8 Å². The van der Waals surface area contributed by atoms with Crippen LogP contribution in [-0.2, 0) is 5.60 Å². The first-order valence-electron chi connectivity index (χ1n) is 9.31. The number of fused-ring (bicyclic) bond motifs is 1. The fourth-order valence-electron chi connectivity index (χ4n) is 3.21. The number of hydrogen-bond donors (Lipinski definition) is 1. The standard InChI is InChI=1S/C22H13F7N2O2/c23-14-2-4-15(5-3-14)31-17-7-1-13(9-12(17)10-30-31)21(32,22(27,28)29)11-33-18-8-6-16(24)19(25)20(18)26/h1-10,32H,11H2. The molecular weight excluding hydrogens is 457 g/mol. The lowest BCUT2D eigenvalue weighted by molar-refractivity contribution is -0.275. The van der Waals surface area contributed by atoms with Crippen LogP contribution in [0.1, 0.15) is 5.56 Å². The van der Waals surface area contributed by atoms with Gasteiger partial charge in [0, 0.05) is 5.39 Å². The zero-order chi connectivity index (χ0) is 24.0. The molecule has 0 bridgehead atoms. The third-order valence-electron chi connectivity index (χ3n) is 5.02. The van der Waals surface area contributed by atoms with Gasteiger partial charge in [-0.1, -0.05) is 6.07 Å². The minimum atomic E-state index is -5.28. The number of benzene rings is 3. The number of alkyl halides is 3. The highest BCUT2D eigenvalue weighted by atomic mass is 19.4. The summed E-state index contributed by atoms with van der Waals surface area (Å²) in [6.45, 7) is -1.53. The fourth-order valence-corrected chi connectivity index (χ4v) is 3.21. The van der Waals surface area contributed by atoms with Gasteiger partial charge in [0.05, 0.1) is 17.4 Å². The van der Waals surface area contributed by atoms with E-state index in [1.165, 1.54) is 41.2 Å². The van der Waals surface area contributed by atoms with Crippen molar-refractivity contribution in [2.24, 2.45) is 0 Å². The molecule has 1 unspecified atom stereocenters. The molecule has 0 saturated carbocycles. The Hall–Kier alpha value is -3.60. The molecule has 1 aromatic heterocycles. The predicted molar refractivity (Wildman–Crippen MR) is 103 cm³/mol. The second-order valence-electron chi connectivity index (χ2n) is 7.13. The van der Waals surface area contributed by atoms with E-state index < -0.39 is 53.0 Å². The number of ether oxygens (including phenoxy) is 1. The van der Waals surface area contributed by atoms with Crippen LogP contribution in [0.5, 0.6) is 5.75 Å². The molecule has 0 radical (unpaired) electrons. The van der Waals surface area contributed by atoms with Crippen LogP contribution in [0, 0.1) is 23.3 Å². The van der Waals surface area contributed by atoms with Crippen molar-refractivity contribution in [3.8, 4) is 11.4 Å². The summed E-state index contributed by atoms with van der Waals surface area (Å²) in [7, 11) is 0. The predicted octanol–water partition coefficient (Wildman–Crippen LogP) is 5.41. The normalized spacial score (nSPS) is 13.8. The summed E-state index contributed by atoms with van der Waals surface area (Å²) in [5.41, 5.74) is -3.45. The Kier molecular flexibility index (Phi) is 5.52. The van der Waals surface area contributed by atoms with Crippen molar-refractivity contribution >= 4 is 10.9 Å². The van der Waals surface area contributed by atoms with E-state index >= 15 is 0 Å². The molecule has 3 aromatic carbocycles. The van der Waals surface area contributed by atoms with Crippen molar-refractivity contribution in [2.75, 3.05) is 6.61 Å². The maximum absolute atomic E-state index is 13.8. The summed E-state index contributed by atoms with van der Waals surface area (Å²) >= 11 is 0. The van der Waals surface area contributed by atoms with Crippen LogP contribution in [0.25, 0.3) is 16.6 Å². The number of rotatable bonds is 5. The van der Waals surface area contributed by atoms with E-state index in [4.69, 9.17) is 4.74 Å². The lowest BCUT2D eigenvalue weighted by Crippen LogP contribution is -2.47. The Morgan fingerprint density at radius 3 is 2.24 bits per heavy atom. The molecule has 0 spiro atoms. The van der Waals surface area contributed by atoms with Gasteiger partial charge in [0.2, 0.25) is 11.4 Å². The molecule has 1 atom stereocenters. The lowest BCUT2D eigenvalue weighted by atomic mass is 9.93. The highest BCUT2D eigenvalue weighted by molar-refractivity contribution is 5.81. The lowest BCUT2D eigenvalue weighted by Gasteiger charge is -2.31. The molecule has 0 aliphatic heterocycles. The minimum absolute atomic E-state index is 0.207. The van der Waals surface area contributed by atoms with Gasteiger partial charge in [-0.05, 0) is 54.1 Å². The Balaban J connectivity index is 1.70. The topological polar surface area (TPSA) is 47.3 Å². The number of aliphatic hydroxyl groups is 1. The largest absolute Gasteiger partial charge is 0.487 e. The summed E-state index contributed by atoms with van der Waals surface area (Å²) in [5, 5.41) is 14.8. The molecular formula is C22H13F7N2O2. The third-order valence-corrected chi connectivity index (χ3v) is 5.02. The first-order valence-corrected chi connectivity index (χ1v) is 9.31. The van der Waals surface area contributed by atoms with E-state index in [-0.39, 0.29) is 5.39 Å². The van der Waals surface area contributed by atoms with Crippen LogP contribution in [0.2, 0.25) is 0 Å². The summed E-state index contributed by atoms with van der Waals surface area (Å²) in [6, 6.07) is 9.57.